The summed E-state index contributed by atoms with van der Waals surface area (Å²) in [5.74, 6) is -4.46. The fourth-order valence-corrected chi connectivity index (χ4v) is 2.82. The number of nitrogens with one attached hydrogen (secondary N) is 1. The number of aliphatic carboxylic acids is 1. The normalized spacial score (nSPS) is 15.8. The van der Waals surface area contributed by atoms with E-state index in [2.05, 4.69) is 5.32 Å². The fraction of sp³-hybridized carbons (Fsp3) is 0.500. The number of halogens is 2. The van der Waals surface area contributed by atoms with Crippen molar-refractivity contribution in [3.05, 3.63) is 35.4 Å². The number of carbonyl (C=O) groups excluding carboxylic acids is 2. The van der Waals surface area contributed by atoms with Crippen LogP contribution in [0.2, 0.25) is 0 Å². The maximum absolute atomic E-state index is 14.1. The molecule has 1 aliphatic rings. The minimum absolute atomic E-state index is 0.0192. The van der Waals surface area contributed by atoms with Crippen LogP contribution in [-0.2, 0) is 14.4 Å². The average molecular weight is 368 g/mol. The monoisotopic (exact) mass is 368 g/mol. The third-order valence-electron chi connectivity index (χ3n) is 4.30. The van der Waals surface area contributed by atoms with E-state index >= 15 is 0 Å². The Morgan fingerprint density at radius 3 is 2.31 bits per heavy atom. The number of benzene rings is 1. The molecule has 1 aliphatic carbocycles. The van der Waals surface area contributed by atoms with E-state index < -0.39 is 41.4 Å². The van der Waals surface area contributed by atoms with Crippen LogP contribution >= 0.6 is 0 Å². The summed E-state index contributed by atoms with van der Waals surface area (Å²) in [4.78, 5) is 36.7. The molecule has 0 spiro atoms. The molecule has 0 unspecified atom stereocenters. The van der Waals surface area contributed by atoms with E-state index in [0.29, 0.717) is 0 Å². The van der Waals surface area contributed by atoms with E-state index in [1.54, 1.807) is 0 Å². The van der Waals surface area contributed by atoms with Crippen LogP contribution in [0.4, 0.5) is 8.78 Å². The first kappa shape index (κ1) is 19.8. The molecule has 0 aliphatic heterocycles. The zero-order chi connectivity index (χ0) is 19.4. The first-order valence-electron chi connectivity index (χ1n) is 8.44. The van der Waals surface area contributed by atoms with Gasteiger partial charge in [-0.05, 0) is 25.0 Å². The van der Waals surface area contributed by atoms with Crippen molar-refractivity contribution in [1.82, 2.24) is 10.2 Å². The summed E-state index contributed by atoms with van der Waals surface area (Å²) < 4.78 is 28.2. The second-order valence-corrected chi connectivity index (χ2v) is 6.61. The highest BCUT2D eigenvalue weighted by atomic mass is 19.1. The fourth-order valence-electron chi connectivity index (χ4n) is 2.82. The zero-order valence-corrected chi connectivity index (χ0v) is 14.7. The number of amides is 2. The van der Waals surface area contributed by atoms with Gasteiger partial charge in [-0.1, -0.05) is 13.0 Å². The van der Waals surface area contributed by atoms with Gasteiger partial charge in [0.1, 0.15) is 11.6 Å². The standard InChI is InChI=1S/C18H22F2N2O4/c1-10(18(25)26)9-22(12-6-7-12)16(24)8-15(21-11(2)23)17-13(19)4-3-5-14(17)20/h3-5,10,12,15H,6-9H2,1-2H3,(H,21,23)(H,25,26)/t10-,15-/m0/s1. The molecule has 2 rings (SSSR count). The summed E-state index contributed by atoms with van der Waals surface area (Å²) in [5, 5.41) is 11.5. The molecule has 2 atom stereocenters. The maximum atomic E-state index is 14.1. The minimum Gasteiger partial charge on any atom is -0.481 e. The molecule has 0 aromatic heterocycles. The lowest BCUT2D eigenvalue weighted by Crippen LogP contribution is -2.41. The number of rotatable bonds is 8. The van der Waals surface area contributed by atoms with Crippen molar-refractivity contribution in [2.24, 2.45) is 5.92 Å². The first-order chi connectivity index (χ1) is 12.2. The van der Waals surface area contributed by atoms with Crippen molar-refractivity contribution in [1.29, 1.82) is 0 Å². The SMILES string of the molecule is CC(=O)N[C@@H](CC(=O)N(C[C@H](C)C(=O)O)C1CC1)c1c(F)cccc1F. The van der Waals surface area contributed by atoms with Gasteiger partial charge in [-0.25, -0.2) is 8.78 Å². The largest absolute Gasteiger partial charge is 0.481 e. The number of carbonyl (C=O) groups is 3. The molecule has 0 heterocycles. The molecule has 1 fully saturated rings. The molecular weight excluding hydrogens is 346 g/mol. The Morgan fingerprint density at radius 2 is 1.85 bits per heavy atom. The number of hydrogen-bond donors (Lipinski definition) is 2. The lowest BCUT2D eigenvalue weighted by Gasteiger charge is -2.27. The van der Waals surface area contributed by atoms with Gasteiger partial charge in [0.25, 0.3) is 0 Å². The highest BCUT2D eigenvalue weighted by Gasteiger charge is 2.36. The molecule has 1 aromatic carbocycles. The topological polar surface area (TPSA) is 86.7 Å². The predicted molar refractivity (Wildman–Crippen MR) is 89.1 cm³/mol. The molecular formula is C18H22F2N2O4. The van der Waals surface area contributed by atoms with Crippen molar-refractivity contribution in [3.8, 4) is 0 Å². The second-order valence-electron chi connectivity index (χ2n) is 6.61. The van der Waals surface area contributed by atoms with Crippen LogP contribution in [0.15, 0.2) is 18.2 Å². The third-order valence-corrected chi connectivity index (χ3v) is 4.30. The molecule has 0 bridgehead atoms. The number of carboxylic acids is 1. The number of carboxylic acid groups (broad SMARTS) is 1. The molecule has 2 N–H and O–H groups in total. The lowest BCUT2D eigenvalue weighted by atomic mass is 10.0. The van der Waals surface area contributed by atoms with Gasteiger partial charge in [-0.15, -0.1) is 0 Å². The van der Waals surface area contributed by atoms with Crippen LogP contribution in [0.25, 0.3) is 0 Å². The second kappa shape index (κ2) is 8.25. The van der Waals surface area contributed by atoms with E-state index in [1.807, 2.05) is 0 Å². The van der Waals surface area contributed by atoms with E-state index in [9.17, 15) is 23.2 Å². The molecule has 0 saturated heterocycles. The summed E-state index contributed by atoms with van der Waals surface area (Å²) in [6, 6.07) is 2.09. The quantitative estimate of drug-likeness (QED) is 0.737. The highest BCUT2D eigenvalue weighted by molar-refractivity contribution is 5.80. The number of nitrogens with zero attached hydrogens (tertiary/aromatic N) is 1. The molecule has 1 aromatic rings. The summed E-state index contributed by atoms with van der Waals surface area (Å²) in [6.45, 7) is 2.71. The molecule has 142 valence electrons. The van der Waals surface area contributed by atoms with Crippen LogP contribution in [0.1, 0.15) is 44.7 Å². The first-order valence-corrected chi connectivity index (χ1v) is 8.44. The smallest absolute Gasteiger partial charge is 0.308 e. The number of hydrogen-bond acceptors (Lipinski definition) is 3. The van der Waals surface area contributed by atoms with Crippen molar-refractivity contribution < 1.29 is 28.3 Å². The van der Waals surface area contributed by atoms with E-state index in [-0.39, 0.29) is 24.6 Å². The van der Waals surface area contributed by atoms with Crippen LogP contribution in [0.5, 0.6) is 0 Å². The van der Waals surface area contributed by atoms with Crippen LogP contribution < -0.4 is 5.32 Å². The zero-order valence-electron chi connectivity index (χ0n) is 14.7. The Hall–Kier alpha value is -2.51. The summed E-state index contributed by atoms with van der Waals surface area (Å²) in [5.41, 5.74) is -0.377. The molecule has 1 saturated carbocycles. The molecule has 8 heteroatoms. The highest BCUT2D eigenvalue weighted by Crippen LogP contribution is 2.31. The van der Waals surface area contributed by atoms with Gasteiger partial charge in [0, 0.05) is 25.1 Å². The third kappa shape index (κ3) is 5.00. The predicted octanol–water partition coefficient (Wildman–Crippen LogP) is 2.24. The Balaban J connectivity index is 2.22. The van der Waals surface area contributed by atoms with Crippen LogP contribution in [0, 0.1) is 17.6 Å². The van der Waals surface area contributed by atoms with Gasteiger partial charge in [0.15, 0.2) is 0 Å². The van der Waals surface area contributed by atoms with Crippen molar-refractivity contribution >= 4 is 17.8 Å². The van der Waals surface area contributed by atoms with Crippen LogP contribution in [-0.4, -0.2) is 40.4 Å². The summed E-state index contributed by atoms with van der Waals surface area (Å²) in [6.07, 6.45) is 1.17. The van der Waals surface area contributed by atoms with Crippen molar-refractivity contribution in [2.75, 3.05) is 6.54 Å². The summed E-state index contributed by atoms with van der Waals surface area (Å²) in [7, 11) is 0. The van der Waals surface area contributed by atoms with E-state index in [4.69, 9.17) is 5.11 Å². The van der Waals surface area contributed by atoms with Gasteiger partial charge in [0.2, 0.25) is 11.8 Å². The van der Waals surface area contributed by atoms with Gasteiger partial charge in [-0.3, -0.25) is 14.4 Å². The van der Waals surface area contributed by atoms with Gasteiger partial charge in [-0.2, -0.15) is 0 Å². The Morgan fingerprint density at radius 1 is 1.27 bits per heavy atom. The summed E-state index contributed by atoms with van der Waals surface area (Å²) >= 11 is 0. The van der Waals surface area contributed by atoms with E-state index in [0.717, 1.165) is 25.0 Å². The van der Waals surface area contributed by atoms with Gasteiger partial charge >= 0.3 is 5.97 Å². The Labute approximate surface area is 150 Å². The Kier molecular flexibility index (Phi) is 6.28. The van der Waals surface area contributed by atoms with Crippen LogP contribution in [0.3, 0.4) is 0 Å². The van der Waals surface area contributed by atoms with Gasteiger partial charge in [0.05, 0.1) is 18.4 Å². The molecule has 6 nitrogen and oxygen atoms in total. The van der Waals surface area contributed by atoms with E-state index in [1.165, 1.54) is 24.8 Å². The van der Waals surface area contributed by atoms with Crippen molar-refractivity contribution in [2.45, 2.75) is 45.2 Å². The molecule has 2 amide bonds. The lowest BCUT2D eigenvalue weighted by molar-refractivity contribution is -0.143. The average Bonchev–Trinajstić information content (AvgIpc) is 3.35. The molecule has 26 heavy (non-hydrogen) atoms. The van der Waals surface area contributed by atoms with Gasteiger partial charge < -0.3 is 15.3 Å². The molecule has 0 radical (unpaired) electrons. The Bertz CT molecular complexity index is 686. The minimum atomic E-state index is -1.16. The van der Waals surface area contributed by atoms with Crippen molar-refractivity contribution in [3.63, 3.8) is 0 Å². The maximum Gasteiger partial charge on any atom is 0.308 e.